The van der Waals surface area contributed by atoms with Gasteiger partial charge in [-0.3, -0.25) is 14.2 Å². The molecule has 36 heavy (non-hydrogen) atoms. The number of aryl methyl sites for hydroxylation is 1. The van der Waals surface area contributed by atoms with E-state index in [1.54, 1.807) is 48.5 Å². The first kappa shape index (κ1) is 24.9. The number of fused-ring (bicyclic) bond motifs is 1. The average Bonchev–Trinajstić information content (AvgIpc) is 3.13. The van der Waals surface area contributed by atoms with E-state index in [9.17, 15) is 22.8 Å². The average molecular weight is 509 g/mol. The highest BCUT2D eigenvalue weighted by Crippen LogP contribution is 2.20. The minimum Gasteiger partial charge on any atom is -0.408 e. The van der Waals surface area contributed by atoms with E-state index >= 15 is 0 Å². The molecule has 11 heteroatoms. The fraction of sp³-hybridized carbons (Fsp3) is 0.160. The summed E-state index contributed by atoms with van der Waals surface area (Å²) in [5.74, 6) is -1.41. The van der Waals surface area contributed by atoms with E-state index in [2.05, 4.69) is 15.4 Å². The van der Waals surface area contributed by atoms with Crippen LogP contribution in [0.5, 0.6) is 0 Å². The summed E-state index contributed by atoms with van der Waals surface area (Å²) < 4.78 is 35.3. The van der Waals surface area contributed by atoms with Crippen LogP contribution in [0.15, 0.2) is 86.9 Å². The van der Waals surface area contributed by atoms with Gasteiger partial charge >= 0.3 is 5.76 Å². The number of carbonyl (C=O) groups excluding carboxylic acids is 2. The summed E-state index contributed by atoms with van der Waals surface area (Å²) in [7, 11) is -2.64. The SMILES string of the molecule is CC(=O)Nc1ccc(NC(=O)[C@H](Cc2ccccc2)NS(=O)(=O)c2ccc3c(c2)oc(=O)n3C)cc1. The van der Waals surface area contributed by atoms with Crippen LogP contribution in [0.3, 0.4) is 0 Å². The topological polar surface area (TPSA) is 140 Å². The van der Waals surface area contributed by atoms with E-state index < -0.39 is 27.7 Å². The monoisotopic (exact) mass is 508 g/mol. The Morgan fingerprint density at radius 2 is 1.58 bits per heavy atom. The smallest absolute Gasteiger partial charge is 0.408 e. The third-order valence-corrected chi connectivity index (χ3v) is 6.91. The van der Waals surface area contributed by atoms with Crippen LogP contribution in [-0.2, 0) is 33.1 Å². The number of nitrogens with zero attached hydrogens (tertiary/aromatic N) is 1. The van der Waals surface area contributed by atoms with Crippen LogP contribution in [0, 0.1) is 0 Å². The molecular weight excluding hydrogens is 484 g/mol. The van der Waals surface area contributed by atoms with E-state index in [-0.39, 0.29) is 22.8 Å². The van der Waals surface area contributed by atoms with E-state index in [1.807, 2.05) is 6.07 Å². The lowest BCUT2D eigenvalue weighted by molar-refractivity contribution is -0.117. The van der Waals surface area contributed by atoms with E-state index in [0.717, 1.165) is 5.56 Å². The third-order valence-electron chi connectivity index (χ3n) is 5.44. The number of oxazole rings is 1. The highest BCUT2D eigenvalue weighted by atomic mass is 32.2. The fourth-order valence-electron chi connectivity index (χ4n) is 3.64. The van der Waals surface area contributed by atoms with Gasteiger partial charge in [-0.05, 0) is 48.4 Å². The molecule has 0 saturated heterocycles. The van der Waals surface area contributed by atoms with Gasteiger partial charge in [-0.25, -0.2) is 13.2 Å². The molecule has 0 radical (unpaired) electrons. The van der Waals surface area contributed by atoms with Gasteiger partial charge in [0, 0.05) is 31.4 Å². The molecule has 1 aromatic heterocycles. The Labute approximate surface area is 207 Å². The molecule has 0 saturated carbocycles. The van der Waals surface area contributed by atoms with Crippen molar-refractivity contribution >= 4 is 44.3 Å². The molecule has 4 rings (SSSR count). The molecule has 1 atom stereocenters. The number of hydrogen-bond acceptors (Lipinski definition) is 6. The van der Waals surface area contributed by atoms with Crippen LogP contribution >= 0.6 is 0 Å². The molecule has 0 spiro atoms. The Morgan fingerprint density at radius 3 is 2.22 bits per heavy atom. The van der Waals surface area contributed by atoms with Crippen molar-refractivity contribution < 1.29 is 22.4 Å². The van der Waals surface area contributed by atoms with Gasteiger partial charge in [0.15, 0.2) is 5.58 Å². The number of benzene rings is 3. The van der Waals surface area contributed by atoms with Crippen molar-refractivity contribution in [1.82, 2.24) is 9.29 Å². The summed E-state index contributed by atoms with van der Waals surface area (Å²) in [5, 5.41) is 5.35. The van der Waals surface area contributed by atoms with Crippen LogP contribution < -0.4 is 21.1 Å². The van der Waals surface area contributed by atoms with Gasteiger partial charge in [0.1, 0.15) is 6.04 Å². The molecule has 0 unspecified atom stereocenters. The maximum Gasteiger partial charge on any atom is 0.419 e. The molecule has 0 bridgehead atoms. The zero-order valence-electron chi connectivity index (χ0n) is 19.5. The predicted molar refractivity (Wildman–Crippen MR) is 135 cm³/mol. The van der Waals surface area contributed by atoms with Crippen LogP contribution in [0.2, 0.25) is 0 Å². The number of rotatable bonds is 8. The van der Waals surface area contributed by atoms with Crippen molar-refractivity contribution in [3.8, 4) is 0 Å². The highest BCUT2D eigenvalue weighted by molar-refractivity contribution is 7.89. The largest absolute Gasteiger partial charge is 0.419 e. The second-order valence-electron chi connectivity index (χ2n) is 8.17. The Morgan fingerprint density at radius 1 is 0.944 bits per heavy atom. The molecule has 2 amide bonds. The molecular formula is C25H24N4O6S. The normalized spacial score (nSPS) is 12.3. The second kappa shape index (κ2) is 10.2. The molecule has 3 N–H and O–H groups in total. The van der Waals surface area contributed by atoms with Crippen LogP contribution in [0.25, 0.3) is 11.1 Å². The number of aromatic nitrogens is 1. The Kier molecular flexibility index (Phi) is 7.04. The molecule has 3 aromatic carbocycles. The molecule has 0 aliphatic heterocycles. The molecule has 1 heterocycles. The second-order valence-corrected chi connectivity index (χ2v) is 9.88. The summed E-state index contributed by atoms with van der Waals surface area (Å²) in [4.78, 5) is 36.0. The first-order valence-electron chi connectivity index (χ1n) is 11.0. The third kappa shape index (κ3) is 5.70. The molecule has 0 fully saturated rings. The maximum absolute atomic E-state index is 13.2. The van der Waals surface area contributed by atoms with Crippen molar-refractivity contribution in [2.24, 2.45) is 7.05 Å². The Balaban J connectivity index is 1.59. The molecule has 0 aliphatic carbocycles. The highest BCUT2D eigenvalue weighted by Gasteiger charge is 2.27. The number of amides is 2. The zero-order chi connectivity index (χ0) is 25.9. The summed E-state index contributed by atoms with van der Waals surface area (Å²) in [6, 6.07) is 18.4. The molecule has 186 valence electrons. The van der Waals surface area contributed by atoms with E-state index in [0.29, 0.717) is 16.9 Å². The van der Waals surface area contributed by atoms with Crippen LogP contribution in [-0.4, -0.2) is 30.8 Å². The molecule has 0 aliphatic rings. The standard InChI is InChI=1S/C25H24N4O6S/c1-16(30)26-18-8-10-19(11-9-18)27-24(31)21(14-17-6-4-3-5-7-17)28-36(33,34)20-12-13-22-23(15-20)35-25(32)29(22)2/h3-13,15,21,28H,14H2,1-2H3,(H,26,30)(H,27,31)/t21-/m0/s1. The van der Waals surface area contributed by atoms with Crippen LogP contribution in [0.4, 0.5) is 11.4 Å². The van der Waals surface area contributed by atoms with Gasteiger partial charge in [0.25, 0.3) is 0 Å². The van der Waals surface area contributed by atoms with Crippen LogP contribution in [0.1, 0.15) is 12.5 Å². The summed E-state index contributed by atoms with van der Waals surface area (Å²) in [6.45, 7) is 1.39. The fourth-order valence-corrected chi connectivity index (χ4v) is 4.85. The van der Waals surface area contributed by atoms with Crippen molar-refractivity contribution in [3.63, 3.8) is 0 Å². The number of sulfonamides is 1. The lowest BCUT2D eigenvalue weighted by atomic mass is 10.1. The predicted octanol–water partition coefficient (Wildman–Crippen LogP) is 2.62. The Hall–Kier alpha value is -4.22. The number of anilines is 2. The lowest BCUT2D eigenvalue weighted by Crippen LogP contribution is -2.45. The molecule has 4 aromatic rings. The zero-order valence-corrected chi connectivity index (χ0v) is 20.3. The first-order chi connectivity index (χ1) is 17.1. The van der Waals surface area contributed by atoms with Gasteiger partial charge in [-0.15, -0.1) is 0 Å². The van der Waals surface area contributed by atoms with Crippen molar-refractivity contribution in [2.45, 2.75) is 24.3 Å². The van der Waals surface area contributed by atoms with E-state index in [4.69, 9.17) is 4.42 Å². The minimum atomic E-state index is -4.16. The first-order valence-corrected chi connectivity index (χ1v) is 12.4. The van der Waals surface area contributed by atoms with Gasteiger partial charge in [-0.2, -0.15) is 4.72 Å². The number of nitrogens with one attached hydrogen (secondary N) is 3. The van der Waals surface area contributed by atoms with Crippen molar-refractivity contribution in [3.05, 3.63) is 88.9 Å². The Bertz CT molecular complexity index is 1570. The van der Waals surface area contributed by atoms with E-state index in [1.165, 1.54) is 36.7 Å². The summed E-state index contributed by atoms with van der Waals surface area (Å²) in [5.41, 5.74) is 2.31. The van der Waals surface area contributed by atoms with Gasteiger partial charge < -0.3 is 15.1 Å². The summed E-state index contributed by atoms with van der Waals surface area (Å²) in [6.07, 6.45) is 0.0958. The quantitative estimate of drug-likeness (QED) is 0.334. The van der Waals surface area contributed by atoms with Gasteiger partial charge in [0.2, 0.25) is 21.8 Å². The van der Waals surface area contributed by atoms with Crippen molar-refractivity contribution in [1.29, 1.82) is 0 Å². The lowest BCUT2D eigenvalue weighted by Gasteiger charge is -2.19. The minimum absolute atomic E-state index is 0.0958. The summed E-state index contributed by atoms with van der Waals surface area (Å²) >= 11 is 0. The van der Waals surface area contributed by atoms with Gasteiger partial charge in [-0.1, -0.05) is 30.3 Å². The van der Waals surface area contributed by atoms with Crippen molar-refractivity contribution in [2.75, 3.05) is 10.6 Å². The number of carbonyl (C=O) groups is 2. The van der Waals surface area contributed by atoms with Gasteiger partial charge in [0.05, 0.1) is 10.4 Å². The number of hydrogen-bond donors (Lipinski definition) is 3. The molecule has 10 nitrogen and oxygen atoms in total. The maximum atomic E-state index is 13.2.